The fourth-order valence-corrected chi connectivity index (χ4v) is 5.61. The van der Waals surface area contributed by atoms with Crippen molar-refractivity contribution in [1.29, 1.82) is 0 Å². The molecule has 0 aliphatic heterocycles. The van der Waals surface area contributed by atoms with Gasteiger partial charge in [-0.05, 0) is 44.9 Å². The SMILES string of the molecule is CCC/C=C\C/C=C\C/C=C\C/C=C\C/C=C\CCC(=O)OC(COC(=O)CCCCCCCCCCCCC)COP(=O)([O-])OCC[N+](C)(C)C. The molecule has 0 aromatic carbocycles. The number of allylic oxidation sites excluding steroid dienone is 10. The molecule has 0 saturated carbocycles. The Morgan fingerprint density at radius 1 is 0.596 bits per heavy atom. The average Bonchev–Trinajstić information content (AvgIpc) is 3.09. The van der Waals surface area contributed by atoms with Gasteiger partial charge in [-0.2, -0.15) is 0 Å². The molecule has 0 aromatic rings. The number of likely N-dealkylation sites (N-methyl/N-ethyl adjacent to an activating group) is 1. The molecule has 0 bridgehead atoms. The van der Waals surface area contributed by atoms with E-state index in [0.29, 0.717) is 17.4 Å². The van der Waals surface area contributed by atoms with E-state index in [1.807, 2.05) is 33.3 Å². The first-order valence-corrected chi connectivity index (χ1v) is 21.5. The number of phosphoric ester groups is 1. The second kappa shape index (κ2) is 34.5. The number of hydrogen-bond donors (Lipinski definition) is 0. The van der Waals surface area contributed by atoms with Crippen LogP contribution in [-0.4, -0.2) is 70.0 Å². The van der Waals surface area contributed by atoms with Crippen molar-refractivity contribution in [3.05, 3.63) is 60.8 Å². The second-order valence-corrected chi connectivity index (χ2v) is 15.7. The lowest BCUT2D eigenvalue weighted by molar-refractivity contribution is -0.870. The van der Waals surface area contributed by atoms with Crippen molar-refractivity contribution in [1.82, 2.24) is 0 Å². The van der Waals surface area contributed by atoms with Crippen LogP contribution in [0.5, 0.6) is 0 Å². The second-order valence-electron chi connectivity index (χ2n) is 14.3. The van der Waals surface area contributed by atoms with E-state index in [0.717, 1.165) is 51.4 Å². The number of phosphoric acid groups is 1. The summed E-state index contributed by atoms with van der Waals surface area (Å²) >= 11 is 0. The Hall–Kier alpha value is -2.29. The van der Waals surface area contributed by atoms with Crippen molar-refractivity contribution in [2.24, 2.45) is 0 Å². The minimum Gasteiger partial charge on any atom is -0.756 e. The first kappa shape index (κ1) is 49.7. The van der Waals surface area contributed by atoms with Crippen molar-refractivity contribution < 1.29 is 42.1 Å². The third-order valence-electron chi connectivity index (χ3n) is 8.04. The Morgan fingerprint density at radius 3 is 1.58 bits per heavy atom. The van der Waals surface area contributed by atoms with Crippen molar-refractivity contribution >= 4 is 19.8 Å². The van der Waals surface area contributed by atoms with Gasteiger partial charge in [-0.1, -0.05) is 145 Å². The number of ether oxygens (including phenoxy) is 2. The number of rotatable bonds is 35. The van der Waals surface area contributed by atoms with Crippen LogP contribution in [0.3, 0.4) is 0 Å². The van der Waals surface area contributed by atoms with Crippen LogP contribution in [0.1, 0.15) is 142 Å². The van der Waals surface area contributed by atoms with E-state index in [1.54, 1.807) is 0 Å². The van der Waals surface area contributed by atoms with Crippen molar-refractivity contribution in [3.63, 3.8) is 0 Å². The highest BCUT2D eigenvalue weighted by Gasteiger charge is 2.21. The van der Waals surface area contributed by atoms with Gasteiger partial charge in [-0.25, -0.2) is 0 Å². The van der Waals surface area contributed by atoms with Gasteiger partial charge in [0.05, 0.1) is 27.7 Å². The zero-order valence-corrected chi connectivity index (χ0v) is 34.4. The zero-order chi connectivity index (χ0) is 38.6. The smallest absolute Gasteiger partial charge is 0.306 e. The first-order chi connectivity index (χ1) is 25.0. The fraction of sp³-hybridized carbons (Fsp3) is 0.714. The highest BCUT2D eigenvalue weighted by molar-refractivity contribution is 7.45. The quantitative estimate of drug-likeness (QED) is 0.0207. The van der Waals surface area contributed by atoms with Crippen LogP contribution in [0.2, 0.25) is 0 Å². The van der Waals surface area contributed by atoms with Crippen molar-refractivity contribution in [2.45, 2.75) is 148 Å². The number of unbranched alkanes of at least 4 members (excludes halogenated alkanes) is 11. The lowest BCUT2D eigenvalue weighted by Gasteiger charge is -2.28. The number of carbonyl (C=O) groups excluding carboxylic acids is 2. The van der Waals surface area contributed by atoms with Gasteiger partial charge < -0.3 is 27.9 Å². The summed E-state index contributed by atoms with van der Waals surface area (Å²) in [5.41, 5.74) is 0. The van der Waals surface area contributed by atoms with Gasteiger partial charge in [-0.3, -0.25) is 14.2 Å². The fourth-order valence-electron chi connectivity index (χ4n) is 4.88. The van der Waals surface area contributed by atoms with Crippen LogP contribution in [0.4, 0.5) is 0 Å². The predicted octanol–water partition coefficient (Wildman–Crippen LogP) is 10.3. The largest absolute Gasteiger partial charge is 0.756 e. The third kappa shape index (κ3) is 37.5. The van der Waals surface area contributed by atoms with Gasteiger partial charge in [-0.15, -0.1) is 0 Å². The number of nitrogens with zero attached hydrogens (tertiary/aromatic N) is 1. The normalized spacial score (nSPS) is 14.3. The van der Waals surface area contributed by atoms with Crippen LogP contribution >= 0.6 is 7.82 Å². The maximum Gasteiger partial charge on any atom is 0.306 e. The summed E-state index contributed by atoms with van der Waals surface area (Å²) in [4.78, 5) is 37.3. The Labute approximate surface area is 317 Å². The van der Waals surface area contributed by atoms with E-state index >= 15 is 0 Å². The van der Waals surface area contributed by atoms with Crippen LogP contribution in [0.25, 0.3) is 0 Å². The number of quaternary nitrogens is 1. The molecule has 300 valence electrons. The maximum atomic E-state index is 12.6. The van der Waals surface area contributed by atoms with Gasteiger partial charge in [0.1, 0.15) is 19.8 Å². The number of esters is 2. The maximum absolute atomic E-state index is 12.6. The summed E-state index contributed by atoms with van der Waals surface area (Å²) in [6.45, 7) is 4.04. The molecule has 0 saturated heterocycles. The molecule has 0 heterocycles. The van der Waals surface area contributed by atoms with Crippen LogP contribution < -0.4 is 4.89 Å². The topological polar surface area (TPSA) is 111 Å². The molecule has 0 fully saturated rings. The minimum atomic E-state index is -4.64. The lowest BCUT2D eigenvalue weighted by atomic mass is 10.1. The van der Waals surface area contributed by atoms with Gasteiger partial charge >= 0.3 is 11.9 Å². The molecule has 52 heavy (non-hydrogen) atoms. The molecule has 0 radical (unpaired) electrons. The highest BCUT2D eigenvalue weighted by Crippen LogP contribution is 2.38. The van der Waals surface area contributed by atoms with Crippen LogP contribution in [0.15, 0.2) is 60.8 Å². The van der Waals surface area contributed by atoms with E-state index in [-0.39, 0.29) is 26.1 Å². The molecule has 0 N–H and O–H groups in total. The van der Waals surface area contributed by atoms with Gasteiger partial charge in [0.2, 0.25) is 0 Å². The summed E-state index contributed by atoms with van der Waals surface area (Å²) in [7, 11) is 1.11. The third-order valence-corrected chi connectivity index (χ3v) is 9.00. The van der Waals surface area contributed by atoms with E-state index in [4.69, 9.17) is 18.5 Å². The van der Waals surface area contributed by atoms with E-state index in [2.05, 4.69) is 62.5 Å². The minimum absolute atomic E-state index is 0.0457. The van der Waals surface area contributed by atoms with E-state index < -0.39 is 32.5 Å². The Balaban J connectivity index is 4.56. The molecule has 9 nitrogen and oxygen atoms in total. The number of hydrogen-bond acceptors (Lipinski definition) is 8. The Kier molecular flexibility index (Phi) is 33.0. The first-order valence-electron chi connectivity index (χ1n) is 20.0. The van der Waals surface area contributed by atoms with Crippen LogP contribution in [0, 0.1) is 0 Å². The molecule has 0 amide bonds. The summed E-state index contributed by atoms with van der Waals surface area (Å²) < 4.78 is 33.7. The van der Waals surface area contributed by atoms with Crippen LogP contribution in [-0.2, 0) is 32.7 Å². The molecule has 0 aliphatic rings. The molecular weight excluding hydrogens is 677 g/mol. The van der Waals surface area contributed by atoms with Gasteiger partial charge in [0.25, 0.3) is 7.82 Å². The lowest BCUT2D eigenvalue weighted by Crippen LogP contribution is -2.37. The molecule has 0 rings (SSSR count). The molecule has 0 spiro atoms. The Morgan fingerprint density at radius 2 is 1.08 bits per heavy atom. The van der Waals surface area contributed by atoms with E-state index in [9.17, 15) is 19.0 Å². The highest BCUT2D eigenvalue weighted by atomic mass is 31.2. The molecule has 0 aliphatic carbocycles. The summed E-state index contributed by atoms with van der Waals surface area (Å²) in [5.74, 6) is -0.936. The molecular formula is C42H74NO8P. The zero-order valence-electron chi connectivity index (χ0n) is 33.5. The molecule has 2 unspecified atom stereocenters. The monoisotopic (exact) mass is 752 g/mol. The average molecular weight is 752 g/mol. The van der Waals surface area contributed by atoms with Crippen molar-refractivity contribution in [3.8, 4) is 0 Å². The number of carbonyl (C=O) groups is 2. The van der Waals surface area contributed by atoms with E-state index in [1.165, 1.54) is 57.8 Å². The summed E-state index contributed by atoms with van der Waals surface area (Å²) in [6, 6.07) is 0. The summed E-state index contributed by atoms with van der Waals surface area (Å²) in [6.07, 6.45) is 39.8. The predicted molar refractivity (Wildman–Crippen MR) is 213 cm³/mol. The van der Waals surface area contributed by atoms with Gasteiger partial charge in [0, 0.05) is 12.8 Å². The standard InChI is InChI=1S/C42H74NO8P/c1-6-8-10-12-14-16-18-19-20-21-22-23-25-27-29-31-33-35-42(45)51-40(39-50-52(46,47)49-37-36-43(3,4)5)38-48-41(44)34-32-30-28-26-24-17-15-13-11-9-7-2/h10,12,16,18,20-21,23,25,29,31,40H,6-9,11,13-15,17,19,22,24,26-28,30,32-39H2,1-5H3/b12-10-,18-16-,21-20-,25-23-,31-29-. The molecule has 10 heteroatoms. The Bertz CT molecular complexity index is 1080. The summed E-state index contributed by atoms with van der Waals surface area (Å²) in [5, 5.41) is 0. The van der Waals surface area contributed by atoms with Gasteiger partial charge in [0.15, 0.2) is 6.10 Å². The molecule has 2 atom stereocenters. The van der Waals surface area contributed by atoms with Crippen molar-refractivity contribution in [2.75, 3.05) is 47.5 Å². The molecule has 0 aromatic heterocycles.